The van der Waals surface area contributed by atoms with E-state index in [2.05, 4.69) is 48.1 Å². The molecule has 8 aliphatic heterocycles. The summed E-state index contributed by atoms with van der Waals surface area (Å²) in [4.78, 5) is 80.5. The van der Waals surface area contributed by atoms with Crippen molar-refractivity contribution in [3.63, 3.8) is 0 Å². The molecule has 100 heavy (non-hydrogen) atoms. The Morgan fingerprint density at radius 2 is 0.710 bits per heavy atom. The van der Waals surface area contributed by atoms with Crippen LogP contribution in [0.3, 0.4) is 0 Å². The van der Waals surface area contributed by atoms with E-state index in [1.165, 1.54) is 116 Å². The number of Topliss-reactive ketones (excluding diaryl/α,β-unsaturated/α-hetero) is 4. The fraction of sp³-hybridized carbons (Fsp3) is 0.646. The van der Waals surface area contributed by atoms with Gasteiger partial charge < -0.3 is 48.2 Å². The van der Waals surface area contributed by atoms with Crippen molar-refractivity contribution in [2.75, 3.05) is 157 Å². The second-order valence-corrected chi connectivity index (χ2v) is 29.0. The van der Waals surface area contributed by atoms with Crippen LogP contribution in [0, 0.1) is 0 Å². The lowest BCUT2D eigenvalue weighted by Crippen LogP contribution is -2.45. The maximum atomic E-state index is 12.6. The number of nitrogens with zero attached hydrogens (tertiary/aromatic N) is 8. The number of morpholine rings is 1. The van der Waals surface area contributed by atoms with Gasteiger partial charge in [0, 0.05) is 86.6 Å². The number of ether oxygens (including phenoxy) is 5. The molecule has 1 amide bonds. The van der Waals surface area contributed by atoms with Crippen LogP contribution >= 0.6 is 0 Å². The Labute approximate surface area is 599 Å². The normalized spacial score (nSPS) is 21.3. The molecule has 0 saturated carbocycles. The zero-order valence-electron chi connectivity index (χ0n) is 61.7. The van der Waals surface area contributed by atoms with E-state index in [0.717, 1.165) is 170 Å². The summed E-state index contributed by atoms with van der Waals surface area (Å²) in [6.07, 6.45) is 22.1. The van der Waals surface area contributed by atoms with Gasteiger partial charge in [-0.05, 0) is 313 Å². The zero-order chi connectivity index (χ0) is 70.3. The molecule has 0 aromatic heterocycles. The van der Waals surface area contributed by atoms with E-state index in [-0.39, 0.29) is 53.7 Å². The summed E-state index contributed by atoms with van der Waals surface area (Å²) in [5, 5.41) is 0. The third kappa shape index (κ3) is 25.4. The predicted molar refractivity (Wildman–Crippen MR) is 398 cm³/mol. The van der Waals surface area contributed by atoms with Gasteiger partial charge in [-0.1, -0.05) is 0 Å². The number of carbonyl (C=O) groups excluding carboxylic acids is 5. The maximum absolute atomic E-state index is 12.6. The average Bonchev–Trinajstić information content (AvgIpc) is 1.13. The molecule has 0 aliphatic carbocycles. The molecule has 0 N–H and O–H groups in total. The monoisotopic (exact) mass is 1380 g/mol. The maximum Gasteiger partial charge on any atom is 0.222 e. The smallest absolute Gasteiger partial charge is 0.222 e. The van der Waals surface area contributed by atoms with Crippen molar-refractivity contribution in [3.05, 3.63) is 119 Å². The summed E-state index contributed by atoms with van der Waals surface area (Å²) in [7, 11) is 0. The van der Waals surface area contributed by atoms with Gasteiger partial charge in [-0.2, -0.15) is 0 Å². The summed E-state index contributed by atoms with van der Waals surface area (Å²) in [6.45, 7) is 33.5. The SMILES string of the molecule is CC(C(=O)c1ccc(OCCCN2CCCC2)cc1)N1CCCC1.CC(C(=O)c1ccc(OCCCN2CCCC2)cc1)N1CCOCC1.CC1CCCN1CCCOc1ccc(C(=O)C(C)N2CCCC2)cc1.C[C@@H]1CCCN1CCCOc1ccc(C(=O)CN2CCCCC2=O)cc1. The minimum atomic E-state index is -0.101. The van der Waals surface area contributed by atoms with Gasteiger partial charge in [0.25, 0.3) is 0 Å². The molecule has 4 aromatic rings. The van der Waals surface area contributed by atoms with Crippen molar-refractivity contribution in [2.24, 2.45) is 0 Å². The lowest BCUT2D eigenvalue weighted by atomic mass is 10.0. The first-order valence-corrected chi connectivity index (χ1v) is 38.8. The molecular formula is C82H122N8O10. The summed E-state index contributed by atoms with van der Waals surface area (Å²) in [6, 6.07) is 31.5. The van der Waals surface area contributed by atoms with Crippen LogP contribution in [0.25, 0.3) is 0 Å². The van der Waals surface area contributed by atoms with E-state index in [4.69, 9.17) is 23.7 Å². The molecular weight excluding hydrogens is 1260 g/mol. The first kappa shape index (κ1) is 78.1. The van der Waals surface area contributed by atoms with Crippen LogP contribution in [0.5, 0.6) is 23.0 Å². The number of piperidine rings is 1. The van der Waals surface area contributed by atoms with Gasteiger partial charge >= 0.3 is 0 Å². The number of amides is 1. The molecule has 8 heterocycles. The summed E-state index contributed by atoms with van der Waals surface area (Å²) < 4.78 is 28.6. The Hall–Kier alpha value is -6.09. The van der Waals surface area contributed by atoms with Gasteiger partial charge in [0.2, 0.25) is 5.91 Å². The fourth-order valence-corrected chi connectivity index (χ4v) is 15.2. The third-order valence-corrected chi connectivity index (χ3v) is 21.7. The van der Waals surface area contributed by atoms with Crippen molar-refractivity contribution in [1.82, 2.24) is 39.2 Å². The lowest BCUT2D eigenvalue weighted by Gasteiger charge is -2.31. The second kappa shape index (κ2) is 42.5. The van der Waals surface area contributed by atoms with E-state index in [0.29, 0.717) is 44.4 Å². The van der Waals surface area contributed by atoms with Crippen molar-refractivity contribution >= 4 is 29.0 Å². The molecule has 8 fully saturated rings. The highest BCUT2D eigenvalue weighted by molar-refractivity contribution is 6.01. The Morgan fingerprint density at radius 3 is 1.05 bits per heavy atom. The van der Waals surface area contributed by atoms with Crippen LogP contribution < -0.4 is 18.9 Å². The van der Waals surface area contributed by atoms with Crippen LogP contribution in [0.1, 0.15) is 198 Å². The molecule has 4 unspecified atom stereocenters. The van der Waals surface area contributed by atoms with Crippen LogP contribution in [-0.4, -0.2) is 256 Å². The van der Waals surface area contributed by atoms with Crippen LogP contribution in [0.15, 0.2) is 97.1 Å². The summed E-state index contributed by atoms with van der Waals surface area (Å²) >= 11 is 0. The highest BCUT2D eigenvalue weighted by atomic mass is 16.5. The first-order chi connectivity index (χ1) is 48.8. The Morgan fingerprint density at radius 1 is 0.390 bits per heavy atom. The van der Waals surface area contributed by atoms with Crippen molar-refractivity contribution in [1.29, 1.82) is 0 Å². The number of hydrogen-bond donors (Lipinski definition) is 0. The van der Waals surface area contributed by atoms with Crippen molar-refractivity contribution in [3.8, 4) is 23.0 Å². The van der Waals surface area contributed by atoms with E-state index in [1.807, 2.05) is 106 Å². The molecule has 4 aromatic carbocycles. The number of benzene rings is 4. The van der Waals surface area contributed by atoms with Gasteiger partial charge in [0.05, 0.1) is 64.3 Å². The van der Waals surface area contributed by atoms with Crippen LogP contribution in [-0.2, 0) is 9.53 Å². The highest BCUT2D eigenvalue weighted by Crippen LogP contribution is 2.24. The molecule has 8 aliphatic rings. The molecule has 8 saturated heterocycles. The molecule has 0 spiro atoms. The van der Waals surface area contributed by atoms with Gasteiger partial charge in [-0.15, -0.1) is 0 Å². The minimum Gasteiger partial charge on any atom is -0.494 e. The van der Waals surface area contributed by atoms with Crippen molar-refractivity contribution < 1.29 is 47.7 Å². The molecule has 18 heteroatoms. The first-order valence-electron chi connectivity index (χ1n) is 38.8. The van der Waals surface area contributed by atoms with E-state index >= 15 is 0 Å². The van der Waals surface area contributed by atoms with Gasteiger partial charge in [-0.25, -0.2) is 0 Å². The number of likely N-dealkylation sites (tertiary alicyclic amines) is 7. The lowest BCUT2D eigenvalue weighted by molar-refractivity contribution is -0.132. The topological polar surface area (TPSA) is 157 Å². The third-order valence-electron chi connectivity index (χ3n) is 21.7. The zero-order valence-corrected chi connectivity index (χ0v) is 61.7. The summed E-state index contributed by atoms with van der Waals surface area (Å²) in [5.74, 6) is 4.06. The molecule has 5 atom stereocenters. The number of hydrogen-bond acceptors (Lipinski definition) is 17. The van der Waals surface area contributed by atoms with Crippen molar-refractivity contribution in [2.45, 2.75) is 187 Å². The van der Waals surface area contributed by atoms with E-state index < -0.39 is 0 Å². The molecule has 12 rings (SSSR count). The fourth-order valence-electron chi connectivity index (χ4n) is 15.2. The number of rotatable bonds is 32. The Bertz CT molecular complexity index is 3030. The second-order valence-electron chi connectivity index (χ2n) is 29.0. The average molecular weight is 1380 g/mol. The van der Waals surface area contributed by atoms with Gasteiger partial charge in [-0.3, -0.25) is 38.7 Å². The van der Waals surface area contributed by atoms with Gasteiger partial charge in [0.15, 0.2) is 23.1 Å². The summed E-state index contributed by atoms with van der Waals surface area (Å²) in [5.41, 5.74) is 2.97. The molecule has 550 valence electrons. The van der Waals surface area contributed by atoms with E-state index in [1.54, 1.807) is 17.0 Å². The van der Waals surface area contributed by atoms with Crippen LogP contribution in [0.4, 0.5) is 0 Å². The van der Waals surface area contributed by atoms with Crippen LogP contribution in [0.2, 0.25) is 0 Å². The number of ketones is 4. The molecule has 18 nitrogen and oxygen atoms in total. The quantitative estimate of drug-likeness (QED) is 0.0336. The Balaban J connectivity index is 0.000000156. The standard InChI is InChI=1S/C21H30N2O3.C21H32N2O2.C20H30N2O3.C20H30N2O2/c1-17-6-4-13-22(17)14-5-15-26-19-10-8-18(9-11-19)20(24)16-23-12-3-2-7-21(23)25;1-17-7-5-14-22(17)15-6-16-25-20-10-8-19(9-11-20)21(24)18(2)23-12-3-4-13-23;1-17(22-12-15-24-16-13-22)20(23)18-5-7-19(8-6-18)25-14-4-11-21-9-2-3-10-21;1-17(22-14-4-5-15-22)20(23)18-7-9-19(10-8-18)24-16-6-13-21-11-2-3-12-21/h8-11,17H,2-7,12-16H2,1H3;8-11,17-18H,3-7,12-16H2,1-2H3;5-8,17H,2-4,9-16H2,1H3;7-10,17H,2-6,11-16H2,1H3/t17-;;;/m1.../s1. The van der Waals surface area contributed by atoms with E-state index in [9.17, 15) is 24.0 Å². The predicted octanol–water partition coefficient (Wildman–Crippen LogP) is 12.4. The van der Waals surface area contributed by atoms with Gasteiger partial charge in [0.1, 0.15) is 23.0 Å². The highest BCUT2D eigenvalue weighted by Gasteiger charge is 2.29. The molecule has 0 radical (unpaired) electrons. The largest absolute Gasteiger partial charge is 0.494 e. The Kier molecular flexibility index (Phi) is 33.2. The minimum absolute atomic E-state index is 0.00480. The molecule has 0 bridgehead atoms. The number of carbonyl (C=O) groups is 5.